The number of fused-ring (bicyclic) bond motifs is 1. The molecule has 0 aliphatic heterocycles. The van der Waals surface area contributed by atoms with Gasteiger partial charge in [0.15, 0.2) is 6.29 Å². The zero-order valence-corrected chi connectivity index (χ0v) is 13.6. The van der Waals surface area contributed by atoms with Crippen LogP contribution < -0.4 is 0 Å². The van der Waals surface area contributed by atoms with E-state index in [1.807, 2.05) is 30.5 Å². The molecule has 0 bridgehead atoms. The first-order valence-corrected chi connectivity index (χ1v) is 8.00. The van der Waals surface area contributed by atoms with Crippen molar-refractivity contribution in [2.75, 3.05) is 0 Å². The molecule has 0 saturated carbocycles. The van der Waals surface area contributed by atoms with E-state index in [2.05, 4.69) is 53.6 Å². The normalized spacial score (nSPS) is 11.5. The summed E-state index contributed by atoms with van der Waals surface area (Å²) in [6.07, 6.45) is 2.90. The van der Waals surface area contributed by atoms with Crippen LogP contribution in [0, 0.1) is 0 Å². The van der Waals surface area contributed by atoms with Crippen LogP contribution in [0.5, 0.6) is 0 Å². The summed E-state index contributed by atoms with van der Waals surface area (Å²) in [6.45, 7) is 6.06. The summed E-state index contributed by atoms with van der Waals surface area (Å²) in [5.74, 6) is 0. The molecule has 0 N–H and O–H groups in total. The molecular weight excluding hydrogens is 284 g/mol. The summed E-state index contributed by atoms with van der Waals surface area (Å²) >= 11 is 0. The largest absolute Gasteiger partial charge is 0.333 e. The minimum absolute atomic E-state index is 0.413. The fourth-order valence-corrected chi connectivity index (χ4v) is 2.90. The van der Waals surface area contributed by atoms with Crippen molar-refractivity contribution in [3.63, 3.8) is 0 Å². The summed E-state index contributed by atoms with van der Waals surface area (Å²) in [7, 11) is 0. The molecule has 0 amide bonds. The Kier molecular flexibility index (Phi) is 4.58. The van der Waals surface area contributed by atoms with Gasteiger partial charge < -0.3 is 4.57 Å². The quantitative estimate of drug-likeness (QED) is 0.634. The smallest absolute Gasteiger partial charge is 0.152 e. The number of benzene rings is 2. The number of nitrogens with zero attached hydrogens (tertiary/aromatic N) is 2. The molecule has 0 saturated heterocycles. The Balaban J connectivity index is 1.90. The molecule has 23 heavy (non-hydrogen) atoms. The molecule has 1 aromatic heterocycles. The molecular formula is C20H22N2O. The standard InChI is InChI=1S/C20H22N2O/c1-16(2)21(12-17-8-4-3-5-9-17)15-22-13-18(14-23)19-10-6-7-11-20(19)22/h3-11,13-14,16H,12,15H2,1-2H3. The fourth-order valence-electron chi connectivity index (χ4n) is 2.90. The van der Waals surface area contributed by atoms with Gasteiger partial charge in [-0.25, -0.2) is 0 Å². The van der Waals surface area contributed by atoms with Crippen LogP contribution in [-0.2, 0) is 13.2 Å². The first-order chi connectivity index (χ1) is 11.2. The lowest BCUT2D eigenvalue weighted by atomic mass is 10.2. The Labute approximate surface area is 137 Å². The molecule has 0 aliphatic rings. The van der Waals surface area contributed by atoms with Crippen LogP contribution in [0.2, 0.25) is 0 Å². The zero-order valence-electron chi connectivity index (χ0n) is 13.6. The van der Waals surface area contributed by atoms with Gasteiger partial charge in [-0.1, -0.05) is 48.5 Å². The minimum Gasteiger partial charge on any atom is -0.333 e. The van der Waals surface area contributed by atoms with E-state index in [1.54, 1.807) is 0 Å². The van der Waals surface area contributed by atoms with Crippen LogP contribution in [0.15, 0.2) is 60.8 Å². The Morgan fingerprint density at radius 2 is 1.74 bits per heavy atom. The molecule has 0 fully saturated rings. The highest BCUT2D eigenvalue weighted by Gasteiger charge is 2.14. The van der Waals surface area contributed by atoms with Gasteiger partial charge in [-0.05, 0) is 25.5 Å². The van der Waals surface area contributed by atoms with Gasteiger partial charge in [-0.2, -0.15) is 0 Å². The van der Waals surface area contributed by atoms with Crippen molar-refractivity contribution in [1.29, 1.82) is 0 Å². The lowest BCUT2D eigenvalue weighted by Gasteiger charge is -2.27. The maximum atomic E-state index is 11.3. The average Bonchev–Trinajstić information content (AvgIpc) is 2.93. The Hall–Kier alpha value is -2.39. The topological polar surface area (TPSA) is 25.2 Å². The van der Waals surface area contributed by atoms with Gasteiger partial charge in [0.2, 0.25) is 0 Å². The molecule has 0 radical (unpaired) electrons. The molecule has 3 nitrogen and oxygen atoms in total. The van der Waals surface area contributed by atoms with E-state index < -0.39 is 0 Å². The number of hydrogen-bond donors (Lipinski definition) is 0. The number of rotatable bonds is 6. The number of carbonyl (C=O) groups is 1. The van der Waals surface area contributed by atoms with E-state index >= 15 is 0 Å². The van der Waals surface area contributed by atoms with Crippen LogP contribution in [-0.4, -0.2) is 21.8 Å². The predicted molar refractivity (Wildman–Crippen MR) is 94.4 cm³/mol. The number of aldehydes is 1. The highest BCUT2D eigenvalue weighted by Crippen LogP contribution is 2.21. The van der Waals surface area contributed by atoms with Gasteiger partial charge in [0, 0.05) is 35.2 Å². The molecule has 3 heteroatoms. The first kappa shape index (κ1) is 15.5. The van der Waals surface area contributed by atoms with E-state index in [0.717, 1.165) is 36.0 Å². The van der Waals surface area contributed by atoms with Crippen LogP contribution in [0.4, 0.5) is 0 Å². The number of carbonyl (C=O) groups excluding carboxylic acids is 1. The second-order valence-electron chi connectivity index (χ2n) is 6.16. The highest BCUT2D eigenvalue weighted by atomic mass is 16.1. The summed E-state index contributed by atoms with van der Waals surface area (Å²) in [5, 5.41) is 1.02. The van der Waals surface area contributed by atoms with Gasteiger partial charge >= 0.3 is 0 Å². The van der Waals surface area contributed by atoms with Crippen molar-refractivity contribution in [3.8, 4) is 0 Å². The fraction of sp³-hybridized carbons (Fsp3) is 0.250. The van der Waals surface area contributed by atoms with E-state index in [0.29, 0.717) is 6.04 Å². The van der Waals surface area contributed by atoms with Crippen molar-refractivity contribution in [2.24, 2.45) is 0 Å². The maximum Gasteiger partial charge on any atom is 0.152 e. The van der Waals surface area contributed by atoms with Gasteiger partial charge in [-0.15, -0.1) is 0 Å². The van der Waals surface area contributed by atoms with Crippen LogP contribution in [0.25, 0.3) is 10.9 Å². The summed E-state index contributed by atoms with van der Waals surface area (Å²) < 4.78 is 2.17. The Morgan fingerprint density at radius 1 is 1.04 bits per heavy atom. The van der Waals surface area contributed by atoms with Crippen LogP contribution in [0.3, 0.4) is 0 Å². The molecule has 118 valence electrons. The van der Waals surface area contributed by atoms with Crippen LogP contribution >= 0.6 is 0 Å². The number of para-hydroxylation sites is 1. The number of aromatic nitrogens is 1. The van der Waals surface area contributed by atoms with Crippen molar-refractivity contribution in [3.05, 3.63) is 71.9 Å². The molecule has 3 aromatic rings. The molecule has 0 atom stereocenters. The average molecular weight is 306 g/mol. The minimum atomic E-state index is 0.413. The molecule has 0 unspecified atom stereocenters. The third kappa shape index (κ3) is 3.35. The Bertz CT molecular complexity index is 790. The molecule has 2 aromatic carbocycles. The monoisotopic (exact) mass is 306 g/mol. The summed E-state index contributed by atoms with van der Waals surface area (Å²) in [4.78, 5) is 13.7. The summed E-state index contributed by atoms with van der Waals surface area (Å²) in [5.41, 5.74) is 3.16. The second-order valence-corrected chi connectivity index (χ2v) is 6.16. The summed E-state index contributed by atoms with van der Waals surface area (Å²) in [6, 6.07) is 19.0. The van der Waals surface area contributed by atoms with Gasteiger partial charge in [0.1, 0.15) is 0 Å². The van der Waals surface area contributed by atoms with Gasteiger partial charge in [-0.3, -0.25) is 9.69 Å². The van der Waals surface area contributed by atoms with Crippen molar-refractivity contribution in [2.45, 2.75) is 33.1 Å². The van der Waals surface area contributed by atoms with E-state index in [1.165, 1.54) is 5.56 Å². The van der Waals surface area contributed by atoms with Crippen molar-refractivity contribution in [1.82, 2.24) is 9.47 Å². The zero-order chi connectivity index (χ0) is 16.2. The Morgan fingerprint density at radius 3 is 2.43 bits per heavy atom. The molecule has 1 heterocycles. The molecule has 3 rings (SSSR count). The SMILES string of the molecule is CC(C)N(Cc1ccccc1)Cn1cc(C=O)c2ccccc21. The predicted octanol–water partition coefficient (Wildman–Crippen LogP) is 4.32. The first-order valence-electron chi connectivity index (χ1n) is 8.00. The van der Waals surface area contributed by atoms with Crippen molar-refractivity contribution >= 4 is 17.2 Å². The third-order valence-electron chi connectivity index (χ3n) is 4.24. The lowest BCUT2D eigenvalue weighted by Crippen LogP contribution is -2.32. The van der Waals surface area contributed by atoms with E-state index in [9.17, 15) is 4.79 Å². The van der Waals surface area contributed by atoms with E-state index in [-0.39, 0.29) is 0 Å². The molecule has 0 aliphatic carbocycles. The number of hydrogen-bond acceptors (Lipinski definition) is 2. The van der Waals surface area contributed by atoms with E-state index in [4.69, 9.17) is 0 Å². The molecule has 0 spiro atoms. The highest BCUT2D eigenvalue weighted by molar-refractivity contribution is 5.97. The van der Waals surface area contributed by atoms with Crippen LogP contribution in [0.1, 0.15) is 29.8 Å². The maximum absolute atomic E-state index is 11.3. The van der Waals surface area contributed by atoms with Gasteiger partial charge in [0.25, 0.3) is 0 Å². The van der Waals surface area contributed by atoms with Crippen molar-refractivity contribution < 1.29 is 4.79 Å². The van der Waals surface area contributed by atoms with Gasteiger partial charge in [0.05, 0.1) is 6.67 Å². The lowest BCUT2D eigenvalue weighted by molar-refractivity contribution is 0.112. The second kappa shape index (κ2) is 6.80. The third-order valence-corrected chi connectivity index (χ3v) is 4.24.